The molecule has 5 heteroatoms. The average molecular weight is 257 g/mol. The van der Waals surface area contributed by atoms with Crippen molar-refractivity contribution in [2.75, 3.05) is 11.1 Å². The van der Waals surface area contributed by atoms with E-state index in [-0.39, 0.29) is 17.9 Å². The van der Waals surface area contributed by atoms with Crippen LogP contribution in [0.15, 0.2) is 53.5 Å². The molecule has 1 heterocycles. The Bertz CT molecular complexity index is 617. The third-order valence-electron chi connectivity index (χ3n) is 2.67. The number of aromatic nitrogens is 1. The van der Waals surface area contributed by atoms with Crippen LogP contribution in [0.1, 0.15) is 6.42 Å². The molecule has 1 amide bonds. The van der Waals surface area contributed by atoms with E-state index >= 15 is 0 Å². The molecule has 0 aliphatic carbocycles. The predicted octanol–water partition coefficient (Wildman–Crippen LogP) is 1.46. The number of benzene rings is 1. The number of nitrogen functional groups attached to an aromatic ring is 1. The third-order valence-corrected chi connectivity index (χ3v) is 2.67. The maximum Gasteiger partial charge on any atom is 0.250 e. The van der Waals surface area contributed by atoms with Crippen molar-refractivity contribution >= 4 is 17.3 Å². The Hall–Kier alpha value is -2.56. The predicted molar refractivity (Wildman–Crippen MR) is 74.8 cm³/mol. The fourth-order valence-corrected chi connectivity index (χ4v) is 1.66. The van der Waals surface area contributed by atoms with Gasteiger partial charge in [0, 0.05) is 36.6 Å². The van der Waals surface area contributed by atoms with E-state index in [9.17, 15) is 9.59 Å². The largest absolute Gasteiger partial charge is 0.399 e. The Morgan fingerprint density at radius 1 is 1.16 bits per heavy atom. The topological polar surface area (TPSA) is 77.1 Å². The molecule has 0 unspecified atom stereocenters. The van der Waals surface area contributed by atoms with Gasteiger partial charge < -0.3 is 15.6 Å². The van der Waals surface area contributed by atoms with E-state index in [2.05, 4.69) is 5.32 Å². The number of nitrogens with zero attached hydrogens (tertiary/aromatic N) is 1. The normalized spacial score (nSPS) is 10.1. The van der Waals surface area contributed by atoms with Gasteiger partial charge in [-0.2, -0.15) is 0 Å². The van der Waals surface area contributed by atoms with Gasteiger partial charge in [-0.3, -0.25) is 9.59 Å². The summed E-state index contributed by atoms with van der Waals surface area (Å²) in [6, 6.07) is 11.8. The number of hydrogen-bond donors (Lipinski definition) is 2. The lowest BCUT2D eigenvalue weighted by molar-refractivity contribution is -0.116. The van der Waals surface area contributed by atoms with E-state index in [1.807, 2.05) is 0 Å². The first-order valence-electron chi connectivity index (χ1n) is 5.96. The summed E-state index contributed by atoms with van der Waals surface area (Å²) in [6.45, 7) is 0.362. The summed E-state index contributed by atoms with van der Waals surface area (Å²) in [5.74, 6) is -0.138. The Labute approximate surface area is 110 Å². The van der Waals surface area contributed by atoms with Crippen LogP contribution in [0, 0.1) is 0 Å². The van der Waals surface area contributed by atoms with E-state index < -0.39 is 0 Å². The van der Waals surface area contributed by atoms with Crippen molar-refractivity contribution in [2.24, 2.45) is 0 Å². The lowest BCUT2D eigenvalue weighted by Crippen LogP contribution is -2.21. The Balaban J connectivity index is 1.90. The monoisotopic (exact) mass is 257 g/mol. The van der Waals surface area contributed by atoms with Gasteiger partial charge in [-0.1, -0.05) is 6.07 Å². The van der Waals surface area contributed by atoms with E-state index in [4.69, 9.17) is 5.73 Å². The highest BCUT2D eigenvalue weighted by Crippen LogP contribution is 2.10. The first kappa shape index (κ1) is 12.9. The van der Waals surface area contributed by atoms with Gasteiger partial charge in [-0.05, 0) is 30.3 Å². The van der Waals surface area contributed by atoms with Crippen molar-refractivity contribution in [3.05, 3.63) is 59.0 Å². The molecule has 1 aromatic carbocycles. The summed E-state index contributed by atoms with van der Waals surface area (Å²) in [5, 5.41) is 2.75. The second-order valence-corrected chi connectivity index (χ2v) is 4.15. The minimum absolute atomic E-state index is 0.109. The number of pyridine rings is 1. The number of nitrogens with one attached hydrogen (secondary N) is 1. The van der Waals surface area contributed by atoms with Gasteiger partial charge in [0.15, 0.2) is 0 Å². The second-order valence-electron chi connectivity index (χ2n) is 4.15. The maximum atomic E-state index is 11.7. The summed E-state index contributed by atoms with van der Waals surface area (Å²) >= 11 is 0. The van der Waals surface area contributed by atoms with Crippen molar-refractivity contribution in [1.29, 1.82) is 0 Å². The van der Waals surface area contributed by atoms with Crippen LogP contribution in [0.25, 0.3) is 0 Å². The fraction of sp³-hybridized carbons (Fsp3) is 0.143. The fourth-order valence-electron chi connectivity index (χ4n) is 1.66. The van der Waals surface area contributed by atoms with Gasteiger partial charge in [-0.25, -0.2) is 0 Å². The van der Waals surface area contributed by atoms with Crippen LogP contribution >= 0.6 is 0 Å². The molecule has 0 radical (unpaired) electrons. The Morgan fingerprint density at radius 3 is 2.58 bits per heavy atom. The lowest BCUT2D eigenvalue weighted by Gasteiger charge is -2.07. The number of rotatable bonds is 4. The maximum absolute atomic E-state index is 11.7. The molecule has 2 rings (SSSR count). The van der Waals surface area contributed by atoms with Crippen molar-refractivity contribution in [2.45, 2.75) is 13.0 Å². The molecule has 5 nitrogen and oxygen atoms in total. The summed E-state index contributed by atoms with van der Waals surface area (Å²) in [6.07, 6.45) is 1.91. The van der Waals surface area contributed by atoms with Crippen LogP contribution in [0.4, 0.5) is 11.4 Å². The Morgan fingerprint density at radius 2 is 1.89 bits per heavy atom. The molecule has 0 fully saturated rings. The second kappa shape index (κ2) is 5.86. The Kier molecular flexibility index (Phi) is 3.97. The molecule has 0 bridgehead atoms. The highest BCUT2D eigenvalue weighted by Gasteiger charge is 2.03. The zero-order valence-corrected chi connectivity index (χ0v) is 10.4. The van der Waals surface area contributed by atoms with Gasteiger partial charge >= 0.3 is 0 Å². The number of carbonyl (C=O) groups is 1. The zero-order valence-electron chi connectivity index (χ0n) is 10.4. The van der Waals surface area contributed by atoms with E-state index in [0.717, 1.165) is 0 Å². The minimum Gasteiger partial charge on any atom is -0.399 e. The molecule has 0 atom stereocenters. The summed E-state index contributed by atoms with van der Waals surface area (Å²) < 4.78 is 1.50. The smallest absolute Gasteiger partial charge is 0.250 e. The molecular formula is C14H15N3O2. The third kappa shape index (κ3) is 3.70. The number of anilines is 2. The van der Waals surface area contributed by atoms with Crippen LogP contribution in [-0.2, 0) is 11.3 Å². The highest BCUT2D eigenvalue weighted by atomic mass is 16.1. The first-order valence-corrected chi connectivity index (χ1v) is 5.96. The number of carbonyl (C=O) groups excluding carboxylic acids is 1. The van der Waals surface area contributed by atoms with Gasteiger partial charge in [0.1, 0.15) is 0 Å². The molecule has 0 aliphatic heterocycles. The molecular weight excluding hydrogens is 242 g/mol. The van der Waals surface area contributed by atoms with Crippen LogP contribution in [-0.4, -0.2) is 10.5 Å². The first-order chi connectivity index (χ1) is 9.15. The van der Waals surface area contributed by atoms with Crippen LogP contribution in [0.2, 0.25) is 0 Å². The lowest BCUT2D eigenvalue weighted by atomic mass is 10.2. The SMILES string of the molecule is Nc1ccc(NC(=O)CCn2ccccc2=O)cc1. The summed E-state index contributed by atoms with van der Waals surface area (Å²) in [7, 11) is 0. The van der Waals surface area contributed by atoms with Gasteiger partial charge in [-0.15, -0.1) is 0 Å². The molecule has 3 N–H and O–H groups in total. The highest BCUT2D eigenvalue weighted by molar-refractivity contribution is 5.90. The molecule has 98 valence electrons. The van der Waals surface area contributed by atoms with E-state index in [1.165, 1.54) is 10.6 Å². The van der Waals surface area contributed by atoms with E-state index in [0.29, 0.717) is 17.9 Å². The van der Waals surface area contributed by atoms with Gasteiger partial charge in [0.05, 0.1) is 0 Å². The van der Waals surface area contributed by atoms with Crippen molar-refractivity contribution < 1.29 is 4.79 Å². The quantitative estimate of drug-likeness (QED) is 0.814. The standard InChI is InChI=1S/C14H15N3O2/c15-11-4-6-12(7-5-11)16-13(18)8-10-17-9-2-1-3-14(17)19/h1-7,9H,8,10,15H2,(H,16,18). The number of nitrogens with two attached hydrogens (primary N) is 1. The number of hydrogen-bond acceptors (Lipinski definition) is 3. The minimum atomic E-state index is -0.138. The molecule has 0 aliphatic rings. The molecule has 2 aromatic rings. The van der Waals surface area contributed by atoms with Gasteiger partial charge in [0.25, 0.3) is 5.56 Å². The molecule has 19 heavy (non-hydrogen) atoms. The van der Waals surface area contributed by atoms with Crippen LogP contribution in [0.3, 0.4) is 0 Å². The molecule has 0 saturated heterocycles. The van der Waals surface area contributed by atoms with Crippen molar-refractivity contribution in [3.8, 4) is 0 Å². The van der Waals surface area contributed by atoms with Crippen molar-refractivity contribution in [3.63, 3.8) is 0 Å². The number of aryl methyl sites for hydroxylation is 1. The summed E-state index contributed by atoms with van der Waals surface area (Å²) in [4.78, 5) is 23.2. The molecule has 1 aromatic heterocycles. The zero-order chi connectivity index (χ0) is 13.7. The molecule has 0 saturated carbocycles. The summed E-state index contributed by atoms with van der Waals surface area (Å²) in [5.41, 5.74) is 6.79. The average Bonchev–Trinajstić information content (AvgIpc) is 2.40. The number of amides is 1. The van der Waals surface area contributed by atoms with Crippen LogP contribution < -0.4 is 16.6 Å². The van der Waals surface area contributed by atoms with Gasteiger partial charge in [0.2, 0.25) is 5.91 Å². The van der Waals surface area contributed by atoms with Crippen LogP contribution in [0.5, 0.6) is 0 Å². The van der Waals surface area contributed by atoms with E-state index in [1.54, 1.807) is 42.6 Å². The van der Waals surface area contributed by atoms with Crippen molar-refractivity contribution in [1.82, 2.24) is 4.57 Å². The molecule has 0 spiro atoms.